The first-order valence-corrected chi connectivity index (χ1v) is 8.57. The van der Waals surface area contributed by atoms with Gasteiger partial charge in [-0.15, -0.1) is 0 Å². The Hall–Kier alpha value is -0.560. The van der Waals surface area contributed by atoms with Crippen LogP contribution >= 0.6 is 47.8 Å². The molecule has 2 rings (SSSR count). The molecule has 1 N–H and O–H groups in total. The molecule has 1 atom stereocenters. The summed E-state index contributed by atoms with van der Waals surface area (Å²) in [6.07, 6.45) is -0.715. The summed E-state index contributed by atoms with van der Waals surface area (Å²) in [6.45, 7) is 0.321. The molecule has 21 heavy (non-hydrogen) atoms. The Kier molecular flexibility index (Phi) is 6.54. The highest BCUT2D eigenvalue weighted by Gasteiger charge is 2.12. The number of benzene rings is 2. The predicted molar refractivity (Wildman–Crippen MR) is 93.0 cm³/mol. The van der Waals surface area contributed by atoms with Gasteiger partial charge in [-0.05, 0) is 56.1 Å². The fourth-order valence-electron chi connectivity index (χ4n) is 1.60. The van der Waals surface area contributed by atoms with Crippen LogP contribution in [0.2, 0.25) is 0 Å². The van der Waals surface area contributed by atoms with Crippen molar-refractivity contribution in [2.45, 2.75) is 6.10 Å². The summed E-state index contributed by atoms with van der Waals surface area (Å²) >= 11 is 10.2. The summed E-state index contributed by atoms with van der Waals surface area (Å²) in [7, 11) is 0. The molecule has 112 valence electrons. The average molecular weight is 481 g/mol. The molecule has 0 amide bonds. The zero-order valence-electron chi connectivity index (χ0n) is 10.9. The minimum Gasteiger partial charge on any atom is -0.491 e. The normalized spacial score (nSPS) is 12.0. The molecule has 0 saturated heterocycles. The lowest BCUT2D eigenvalue weighted by atomic mass is 10.3. The van der Waals surface area contributed by atoms with E-state index in [2.05, 4.69) is 47.8 Å². The molecule has 0 aliphatic carbocycles. The molecule has 2 aromatic carbocycles. The molecule has 3 nitrogen and oxygen atoms in total. The van der Waals surface area contributed by atoms with Crippen LogP contribution in [0, 0.1) is 0 Å². The highest BCUT2D eigenvalue weighted by Crippen LogP contribution is 2.36. The Bertz CT molecular complexity index is 567. The molecule has 6 heteroatoms. The molecule has 0 fully saturated rings. The first-order chi connectivity index (χ1) is 10.1. The van der Waals surface area contributed by atoms with E-state index in [1.165, 1.54) is 0 Å². The van der Waals surface area contributed by atoms with Gasteiger partial charge in [-0.2, -0.15) is 0 Å². The SMILES string of the molecule is OC(COc1ccccc1)COc1c(Br)cc(Br)cc1Br. The lowest BCUT2D eigenvalue weighted by molar-refractivity contribution is 0.0621. The van der Waals surface area contributed by atoms with Crippen molar-refractivity contribution in [1.82, 2.24) is 0 Å². The second-order valence-corrected chi connectivity index (χ2v) is 6.91. The molecule has 1 unspecified atom stereocenters. The quantitative estimate of drug-likeness (QED) is 0.646. The third-order valence-corrected chi connectivity index (χ3v) is 4.20. The summed E-state index contributed by atoms with van der Waals surface area (Å²) < 4.78 is 13.6. The van der Waals surface area contributed by atoms with Crippen LogP contribution in [0.15, 0.2) is 55.9 Å². The van der Waals surface area contributed by atoms with Crippen molar-refractivity contribution in [2.75, 3.05) is 13.2 Å². The van der Waals surface area contributed by atoms with Crippen molar-refractivity contribution >= 4 is 47.8 Å². The number of rotatable bonds is 6. The van der Waals surface area contributed by atoms with Crippen LogP contribution in [0.1, 0.15) is 0 Å². The van der Waals surface area contributed by atoms with E-state index in [1.54, 1.807) is 0 Å². The standard InChI is InChI=1S/C15H13Br3O3/c16-10-6-13(17)15(14(18)7-10)21-9-11(19)8-20-12-4-2-1-3-5-12/h1-7,11,19H,8-9H2. The minimum atomic E-state index is -0.715. The summed E-state index contributed by atoms with van der Waals surface area (Å²) in [5, 5.41) is 9.92. The van der Waals surface area contributed by atoms with Gasteiger partial charge < -0.3 is 14.6 Å². The number of ether oxygens (including phenoxy) is 2. The predicted octanol–water partition coefficient (Wildman–Crippen LogP) is 4.79. The van der Waals surface area contributed by atoms with E-state index in [9.17, 15) is 5.11 Å². The molecule has 0 spiro atoms. The second-order valence-electron chi connectivity index (χ2n) is 4.29. The summed E-state index contributed by atoms with van der Waals surface area (Å²) in [4.78, 5) is 0. The first kappa shape index (κ1) is 16.8. The number of halogens is 3. The Morgan fingerprint density at radius 3 is 2.10 bits per heavy atom. The van der Waals surface area contributed by atoms with Crippen molar-refractivity contribution in [3.8, 4) is 11.5 Å². The number of hydrogen-bond acceptors (Lipinski definition) is 3. The summed E-state index contributed by atoms with van der Waals surface area (Å²) in [5.74, 6) is 1.37. The van der Waals surface area contributed by atoms with E-state index < -0.39 is 6.10 Å². The summed E-state index contributed by atoms with van der Waals surface area (Å²) in [5.41, 5.74) is 0. The van der Waals surface area contributed by atoms with Crippen molar-refractivity contribution in [1.29, 1.82) is 0 Å². The second kappa shape index (κ2) is 8.17. The average Bonchev–Trinajstić information content (AvgIpc) is 2.45. The van der Waals surface area contributed by atoms with Crippen LogP contribution in [0.25, 0.3) is 0 Å². The minimum absolute atomic E-state index is 0.145. The lowest BCUT2D eigenvalue weighted by Gasteiger charge is -2.15. The fraction of sp³-hybridized carbons (Fsp3) is 0.200. The van der Waals surface area contributed by atoms with Gasteiger partial charge >= 0.3 is 0 Å². The Morgan fingerprint density at radius 1 is 0.905 bits per heavy atom. The number of hydrogen-bond donors (Lipinski definition) is 1. The molecule has 0 aromatic heterocycles. The Morgan fingerprint density at radius 2 is 1.48 bits per heavy atom. The number of aliphatic hydroxyl groups excluding tert-OH is 1. The Balaban J connectivity index is 1.85. The van der Waals surface area contributed by atoms with Crippen molar-refractivity contribution in [3.05, 3.63) is 55.9 Å². The zero-order chi connectivity index (χ0) is 15.2. The molecular formula is C15H13Br3O3. The van der Waals surface area contributed by atoms with E-state index >= 15 is 0 Å². The first-order valence-electron chi connectivity index (χ1n) is 6.19. The van der Waals surface area contributed by atoms with Crippen LogP contribution in [-0.4, -0.2) is 24.4 Å². The van der Waals surface area contributed by atoms with Gasteiger partial charge in [0.05, 0.1) is 8.95 Å². The third-order valence-electron chi connectivity index (χ3n) is 2.57. The van der Waals surface area contributed by atoms with Gasteiger partial charge in [-0.1, -0.05) is 34.1 Å². The monoisotopic (exact) mass is 478 g/mol. The van der Waals surface area contributed by atoms with E-state index in [1.807, 2.05) is 42.5 Å². The topological polar surface area (TPSA) is 38.7 Å². The maximum Gasteiger partial charge on any atom is 0.147 e. The molecule has 0 aliphatic heterocycles. The van der Waals surface area contributed by atoms with Crippen molar-refractivity contribution in [2.24, 2.45) is 0 Å². The number of para-hydroxylation sites is 1. The van der Waals surface area contributed by atoms with Gasteiger partial charge in [-0.25, -0.2) is 0 Å². The molecular weight excluding hydrogens is 468 g/mol. The van der Waals surface area contributed by atoms with Crippen LogP contribution in [0.4, 0.5) is 0 Å². The van der Waals surface area contributed by atoms with Gasteiger partial charge in [0, 0.05) is 4.47 Å². The molecule has 0 heterocycles. The lowest BCUT2D eigenvalue weighted by Crippen LogP contribution is -2.25. The fourth-order valence-corrected chi connectivity index (χ4v) is 4.09. The van der Waals surface area contributed by atoms with E-state index in [0.717, 1.165) is 19.2 Å². The van der Waals surface area contributed by atoms with Gasteiger partial charge in [0.1, 0.15) is 30.8 Å². The molecule has 0 aliphatic rings. The van der Waals surface area contributed by atoms with Gasteiger partial charge in [0.25, 0.3) is 0 Å². The maximum atomic E-state index is 9.92. The maximum absolute atomic E-state index is 9.92. The van der Waals surface area contributed by atoms with E-state index in [0.29, 0.717) is 5.75 Å². The summed E-state index contributed by atoms with van der Waals surface area (Å²) in [6, 6.07) is 13.1. The van der Waals surface area contributed by atoms with Crippen molar-refractivity contribution < 1.29 is 14.6 Å². The van der Waals surface area contributed by atoms with Gasteiger partial charge in [-0.3, -0.25) is 0 Å². The van der Waals surface area contributed by atoms with Crippen LogP contribution in [0.5, 0.6) is 11.5 Å². The van der Waals surface area contributed by atoms with E-state index in [-0.39, 0.29) is 13.2 Å². The number of aliphatic hydroxyl groups is 1. The smallest absolute Gasteiger partial charge is 0.147 e. The van der Waals surface area contributed by atoms with Crippen LogP contribution in [0.3, 0.4) is 0 Å². The van der Waals surface area contributed by atoms with Crippen molar-refractivity contribution in [3.63, 3.8) is 0 Å². The van der Waals surface area contributed by atoms with Gasteiger partial charge in [0.15, 0.2) is 0 Å². The van der Waals surface area contributed by atoms with E-state index in [4.69, 9.17) is 9.47 Å². The largest absolute Gasteiger partial charge is 0.491 e. The molecule has 0 radical (unpaired) electrons. The highest BCUT2D eigenvalue weighted by molar-refractivity contribution is 9.11. The van der Waals surface area contributed by atoms with Gasteiger partial charge in [0.2, 0.25) is 0 Å². The Labute approximate surface area is 148 Å². The molecule has 0 saturated carbocycles. The third kappa shape index (κ3) is 5.29. The van der Waals surface area contributed by atoms with Crippen LogP contribution in [-0.2, 0) is 0 Å². The zero-order valence-corrected chi connectivity index (χ0v) is 15.7. The van der Waals surface area contributed by atoms with Crippen LogP contribution < -0.4 is 9.47 Å². The molecule has 2 aromatic rings. The highest BCUT2D eigenvalue weighted by atomic mass is 79.9. The molecule has 0 bridgehead atoms.